The second-order valence-corrected chi connectivity index (χ2v) is 7.11. The maximum Gasteiger partial charge on any atom is 0.225 e. The Labute approximate surface area is 171 Å². The van der Waals surface area contributed by atoms with Gasteiger partial charge >= 0.3 is 0 Å². The van der Waals surface area contributed by atoms with E-state index in [-0.39, 0.29) is 0 Å². The molecule has 0 aliphatic heterocycles. The number of hydrogen-bond acceptors (Lipinski definition) is 6. The molecule has 3 rings (SSSR count). The Kier molecular flexibility index (Phi) is 7.17. The molecule has 0 aliphatic carbocycles. The minimum Gasteiger partial charge on any atom is -0.366 e. The van der Waals surface area contributed by atoms with E-state index in [1.165, 1.54) is 0 Å². The number of benzene rings is 1. The van der Waals surface area contributed by atoms with E-state index in [0.29, 0.717) is 12.5 Å². The lowest BCUT2D eigenvalue weighted by molar-refractivity contribution is 0.405. The van der Waals surface area contributed by atoms with Crippen molar-refractivity contribution in [3.8, 4) is 11.4 Å². The van der Waals surface area contributed by atoms with Crippen molar-refractivity contribution in [2.45, 2.75) is 13.0 Å². The lowest BCUT2D eigenvalue weighted by Crippen LogP contribution is -2.17. The van der Waals surface area contributed by atoms with E-state index >= 15 is 0 Å². The summed E-state index contributed by atoms with van der Waals surface area (Å²) in [5, 5.41) is 7.40. The number of rotatable bonds is 9. The topological polar surface area (TPSA) is 66.0 Å². The molecular weight excluding hydrogens is 372 g/mol. The summed E-state index contributed by atoms with van der Waals surface area (Å²) in [6.07, 6.45) is 2.77. The summed E-state index contributed by atoms with van der Waals surface area (Å²) in [5.41, 5.74) is 2.59. The summed E-state index contributed by atoms with van der Waals surface area (Å²) in [7, 11) is 4.13. The minimum absolute atomic E-state index is 0.582. The quantitative estimate of drug-likeness (QED) is 0.529. The Morgan fingerprint density at radius 3 is 2.54 bits per heavy atom. The molecule has 0 unspecified atom stereocenters. The van der Waals surface area contributed by atoms with Crippen molar-refractivity contribution in [3.05, 3.63) is 65.3 Å². The second kappa shape index (κ2) is 10.0. The van der Waals surface area contributed by atoms with Crippen molar-refractivity contribution in [2.75, 3.05) is 37.8 Å². The molecule has 0 amide bonds. The van der Waals surface area contributed by atoms with Gasteiger partial charge in [0.15, 0.2) is 0 Å². The van der Waals surface area contributed by atoms with Crippen LogP contribution in [0.25, 0.3) is 11.4 Å². The summed E-state index contributed by atoms with van der Waals surface area (Å²) in [4.78, 5) is 15.8. The van der Waals surface area contributed by atoms with Crippen molar-refractivity contribution in [2.24, 2.45) is 0 Å². The van der Waals surface area contributed by atoms with Gasteiger partial charge in [-0.1, -0.05) is 35.9 Å². The van der Waals surface area contributed by atoms with E-state index in [0.717, 1.165) is 47.3 Å². The van der Waals surface area contributed by atoms with Gasteiger partial charge in [-0.05, 0) is 50.8 Å². The highest BCUT2D eigenvalue weighted by molar-refractivity contribution is 6.31. The molecule has 2 aromatic heterocycles. The predicted octanol–water partition coefficient (Wildman–Crippen LogP) is 4.17. The molecule has 0 bridgehead atoms. The van der Waals surface area contributed by atoms with Crippen LogP contribution >= 0.6 is 11.6 Å². The Morgan fingerprint density at radius 2 is 1.79 bits per heavy atom. The van der Waals surface area contributed by atoms with Crippen LogP contribution in [0.1, 0.15) is 12.0 Å². The zero-order chi connectivity index (χ0) is 19.8. The molecule has 6 nitrogen and oxygen atoms in total. The number of halogens is 1. The first-order valence-corrected chi connectivity index (χ1v) is 9.66. The van der Waals surface area contributed by atoms with Crippen molar-refractivity contribution in [1.82, 2.24) is 19.9 Å². The Balaban J connectivity index is 1.77. The first-order valence-electron chi connectivity index (χ1n) is 9.28. The maximum atomic E-state index is 6.26. The van der Waals surface area contributed by atoms with Gasteiger partial charge in [-0.25, -0.2) is 4.98 Å². The standard InChI is InChI=1S/C21H25ClN6/c1-28(2)13-7-12-24-21-26-19(18-10-5-6-11-23-18)14-20(27-21)25-15-16-8-3-4-9-17(16)22/h3-6,8-11,14H,7,12-13,15H2,1-2H3,(H2,24,25,26,27). The summed E-state index contributed by atoms with van der Waals surface area (Å²) in [6, 6.07) is 15.5. The van der Waals surface area contributed by atoms with Gasteiger partial charge in [0.1, 0.15) is 5.82 Å². The largest absolute Gasteiger partial charge is 0.366 e. The zero-order valence-electron chi connectivity index (χ0n) is 16.2. The highest BCUT2D eigenvalue weighted by atomic mass is 35.5. The molecule has 146 valence electrons. The van der Waals surface area contributed by atoms with Crippen LogP contribution in [-0.2, 0) is 6.54 Å². The number of anilines is 2. The second-order valence-electron chi connectivity index (χ2n) is 6.71. The summed E-state index contributed by atoms with van der Waals surface area (Å²) in [6.45, 7) is 2.39. The molecule has 28 heavy (non-hydrogen) atoms. The fourth-order valence-electron chi connectivity index (χ4n) is 2.69. The van der Waals surface area contributed by atoms with Crippen LogP contribution in [0.2, 0.25) is 5.02 Å². The molecule has 1 aromatic carbocycles. The maximum absolute atomic E-state index is 6.26. The Bertz CT molecular complexity index is 885. The Hall–Kier alpha value is -2.70. The molecule has 7 heteroatoms. The Morgan fingerprint density at radius 1 is 0.964 bits per heavy atom. The summed E-state index contributed by atoms with van der Waals surface area (Å²) < 4.78 is 0. The fraction of sp³-hybridized carbons (Fsp3) is 0.286. The molecule has 0 aliphatic rings. The first-order chi connectivity index (χ1) is 13.6. The molecule has 0 radical (unpaired) electrons. The van der Waals surface area contributed by atoms with Crippen LogP contribution in [-0.4, -0.2) is 47.0 Å². The number of nitrogens with zero attached hydrogens (tertiary/aromatic N) is 4. The van der Waals surface area contributed by atoms with Crippen LogP contribution in [0.4, 0.5) is 11.8 Å². The average molecular weight is 397 g/mol. The van der Waals surface area contributed by atoms with Gasteiger partial charge in [0.2, 0.25) is 5.95 Å². The number of pyridine rings is 1. The average Bonchev–Trinajstić information content (AvgIpc) is 2.71. The molecule has 2 heterocycles. The predicted molar refractivity (Wildman–Crippen MR) is 116 cm³/mol. The minimum atomic E-state index is 0.582. The van der Waals surface area contributed by atoms with Gasteiger partial charge in [0, 0.05) is 30.4 Å². The summed E-state index contributed by atoms with van der Waals surface area (Å²) >= 11 is 6.26. The van der Waals surface area contributed by atoms with E-state index in [9.17, 15) is 0 Å². The van der Waals surface area contributed by atoms with E-state index in [2.05, 4.69) is 44.6 Å². The number of nitrogens with one attached hydrogen (secondary N) is 2. The van der Waals surface area contributed by atoms with E-state index in [4.69, 9.17) is 11.6 Å². The van der Waals surface area contributed by atoms with Crippen molar-refractivity contribution in [1.29, 1.82) is 0 Å². The van der Waals surface area contributed by atoms with Gasteiger partial charge in [0.05, 0.1) is 11.4 Å². The molecule has 0 spiro atoms. The van der Waals surface area contributed by atoms with Crippen LogP contribution in [0.5, 0.6) is 0 Å². The summed E-state index contributed by atoms with van der Waals surface area (Å²) in [5.74, 6) is 1.31. The molecule has 3 aromatic rings. The van der Waals surface area contributed by atoms with Gasteiger partial charge in [-0.3, -0.25) is 4.98 Å². The van der Waals surface area contributed by atoms with Gasteiger partial charge in [-0.2, -0.15) is 4.98 Å². The highest BCUT2D eigenvalue weighted by Gasteiger charge is 2.08. The SMILES string of the molecule is CN(C)CCCNc1nc(NCc2ccccc2Cl)cc(-c2ccccn2)n1. The fourth-order valence-corrected chi connectivity index (χ4v) is 2.89. The van der Waals surface area contributed by atoms with Crippen LogP contribution in [0.15, 0.2) is 54.7 Å². The zero-order valence-corrected chi connectivity index (χ0v) is 16.9. The van der Waals surface area contributed by atoms with Crippen LogP contribution in [0.3, 0.4) is 0 Å². The lowest BCUT2D eigenvalue weighted by atomic mass is 10.2. The van der Waals surface area contributed by atoms with E-state index in [1.807, 2.05) is 48.5 Å². The van der Waals surface area contributed by atoms with E-state index < -0.39 is 0 Å². The van der Waals surface area contributed by atoms with E-state index in [1.54, 1.807) is 6.20 Å². The third-order valence-electron chi connectivity index (χ3n) is 4.14. The molecule has 0 saturated carbocycles. The highest BCUT2D eigenvalue weighted by Crippen LogP contribution is 2.21. The van der Waals surface area contributed by atoms with Crippen molar-refractivity contribution >= 4 is 23.4 Å². The van der Waals surface area contributed by atoms with Gasteiger partial charge in [-0.15, -0.1) is 0 Å². The van der Waals surface area contributed by atoms with Crippen LogP contribution in [0, 0.1) is 0 Å². The van der Waals surface area contributed by atoms with Gasteiger partial charge < -0.3 is 15.5 Å². The third-order valence-corrected chi connectivity index (χ3v) is 4.51. The van der Waals surface area contributed by atoms with Gasteiger partial charge in [0.25, 0.3) is 0 Å². The van der Waals surface area contributed by atoms with Crippen LogP contribution < -0.4 is 10.6 Å². The molecule has 0 saturated heterocycles. The molecule has 0 fully saturated rings. The van der Waals surface area contributed by atoms with Crippen molar-refractivity contribution in [3.63, 3.8) is 0 Å². The molecule has 2 N–H and O–H groups in total. The normalized spacial score (nSPS) is 10.9. The third kappa shape index (κ3) is 5.90. The molecular formula is C21H25ClN6. The smallest absolute Gasteiger partial charge is 0.225 e. The lowest BCUT2D eigenvalue weighted by Gasteiger charge is -2.13. The van der Waals surface area contributed by atoms with Crippen molar-refractivity contribution < 1.29 is 0 Å². The monoisotopic (exact) mass is 396 g/mol. The first kappa shape index (κ1) is 20.0. The number of aromatic nitrogens is 3. The molecule has 0 atom stereocenters. The number of hydrogen-bond donors (Lipinski definition) is 2.